The number of nitrogens with one attached hydrogen (secondary N) is 2. The Kier molecular flexibility index (Phi) is 6.57. The SMILES string of the molecule is COC[C@@H]1CCCN1S(=O)(=O)NC(=O)c1coc(Nc2cc(C(F)(F)F)ccc2C)n1. The van der Waals surface area contributed by atoms with Gasteiger partial charge in [-0.15, -0.1) is 0 Å². The normalized spacial score (nSPS) is 17.6. The third-order valence-corrected chi connectivity index (χ3v) is 6.30. The molecule has 0 aliphatic carbocycles. The molecule has 2 N–H and O–H groups in total. The molecule has 1 fully saturated rings. The van der Waals surface area contributed by atoms with Crippen molar-refractivity contribution in [2.45, 2.75) is 32.0 Å². The molecule has 1 aromatic heterocycles. The van der Waals surface area contributed by atoms with Gasteiger partial charge in [-0.2, -0.15) is 30.9 Å². The predicted octanol–water partition coefficient (Wildman–Crippen LogP) is 2.83. The average Bonchev–Trinajstić information content (AvgIpc) is 3.32. The van der Waals surface area contributed by atoms with Gasteiger partial charge in [-0.1, -0.05) is 6.07 Å². The Hall–Kier alpha value is -2.64. The number of hydrogen-bond donors (Lipinski definition) is 2. The highest BCUT2D eigenvalue weighted by atomic mass is 32.2. The molecule has 170 valence electrons. The highest BCUT2D eigenvalue weighted by molar-refractivity contribution is 7.87. The van der Waals surface area contributed by atoms with Crippen LogP contribution in [0.4, 0.5) is 24.9 Å². The van der Waals surface area contributed by atoms with Crippen molar-refractivity contribution >= 4 is 27.8 Å². The smallest absolute Gasteiger partial charge is 0.416 e. The Morgan fingerprint density at radius 3 is 2.81 bits per heavy atom. The van der Waals surface area contributed by atoms with E-state index in [1.165, 1.54) is 13.2 Å². The molecule has 0 bridgehead atoms. The molecule has 1 amide bonds. The summed E-state index contributed by atoms with van der Waals surface area (Å²) in [5.41, 5.74) is -0.653. The summed E-state index contributed by atoms with van der Waals surface area (Å²) in [5, 5.41) is 2.57. The van der Waals surface area contributed by atoms with Gasteiger partial charge in [0.05, 0.1) is 12.2 Å². The van der Waals surface area contributed by atoms with Gasteiger partial charge in [0.2, 0.25) is 0 Å². The van der Waals surface area contributed by atoms with Crippen LogP contribution in [0.1, 0.15) is 34.5 Å². The third kappa shape index (κ3) is 5.35. The van der Waals surface area contributed by atoms with E-state index in [0.717, 1.165) is 22.7 Å². The summed E-state index contributed by atoms with van der Waals surface area (Å²) in [4.78, 5) is 16.2. The number of oxazole rings is 1. The van der Waals surface area contributed by atoms with E-state index in [1.807, 2.05) is 4.72 Å². The molecule has 0 unspecified atom stereocenters. The van der Waals surface area contributed by atoms with Gasteiger partial charge in [0.15, 0.2) is 5.69 Å². The van der Waals surface area contributed by atoms with Gasteiger partial charge in [0.1, 0.15) is 6.26 Å². The molecule has 13 heteroatoms. The number of anilines is 2. The van der Waals surface area contributed by atoms with Crippen LogP contribution in [0.25, 0.3) is 0 Å². The lowest BCUT2D eigenvalue weighted by Gasteiger charge is -2.23. The topological polar surface area (TPSA) is 114 Å². The van der Waals surface area contributed by atoms with E-state index in [-0.39, 0.29) is 36.6 Å². The number of benzene rings is 1. The number of nitrogens with zero attached hydrogens (tertiary/aromatic N) is 2. The summed E-state index contributed by atoms with van der Waals surface area (Å²) < 4.78 is 77.0. The van der Waals surface area contributed by atoms with Gasteiger partial charge in [-0.05, 0) is 37.5 Å². The van der Waals surface area contributed by atoms with E-state index in [1.54, 1.807) is 6.92 Å². The fourth-order valence-electron chi connectivity index (χ4n) is 3.20. The lowest BCUT2D eigenvalue weighted by Crippen LogP contribution is -2.47. The maximum absolute atomic E-state index is 12.9. The second-order valence-electron chi connectivity index (χ2n) is 6.99. The van der Waals surface area contributed by atoms with Crippen molar-refractivity contribution in [3.63, 3.8) is 0 Å². The number of aryl methyl sites for hydroxylation is 1. The number of carbonyl (C=O) groups is 1. The van der Waals surface area contributed by atoms with E-state index in [0.29, 0.717) is 18.4 Å². The number of carbonyl (C=O) groups excluding carboxylic acids is 1. The maximum Gasteiger partial charge on any atom is 0.416 e. The minimum Gasteiger partial charge on any atom is -0.431 e. The zero-order valence-corrected chi connectivity index (χ0v) is 17.5. The zero-order chi connectivity index (χ0) is 22.8. The molecule has 0 radical (unpaired) electrons. The Bertz CT molecular complexity index is 1050. The second-order valence-corrected chi connectivity index (χ2v) is 8.61. The van der Waals surface area contributed by atoms with Crippen LogP contribution < -0.4 is 10.0 Å². The summed E-state index contributed by atoms with van der Waals surface area (Å²) >= 11 is 0. The van der Waals surface area contributed by atoms with Crippen molar-refractivity contribution < 1.29 is 35.5 Å². The lowest BCUT2D eigenvalue weighted by molar-refractivity contribution is -0.137. The molecule has 1 saturated heterocycles. The monoisotopic (exact) mass is 462 g/mol. The van der Waals surface area contributed by atoms with Crippen molar-refractivity contribution in [2.24, 2.45) is 0 Å². The molecule has 0 saturated carbocycles. The first kappa shape index (κ1) is 23.0. The molecule has 0 spiro atoms. The molecular weight excluding hydrogens is 441 g/mol. The molecule has 9 nitrogen and oxygen atoms in total. The summed E-state index contributed by atoms with van der Waals surface area (Å²) in [6, 6.07) is 2.46. The maximum atomic E-state index is 12.9. The molecule has 1 aliphatic rings. The lowest BCUT2D eigenvalue weighted by atomic mass is 10.1. The Balaban J connectivity index is 1.72. The van der Waals surface area contributed by atoms with Crippen LogP contribution in [-0.4, -0.2) is 49.9 Å². The third-order valence-electron chi connectivity index (χ3n) is 4.76. The second kappa shape index (κ2) is 8.85. The zero-order valence-electron chi connectivity index (χ0n) is 16.7. The standard InChI is InChI=1S/C18H21F3N4O5S/c1-11-5-6-12(18(19,20)21)8-14(11)22-17-23-15(10-30-17)16(26)24-31(27,28)25-7-3-4-13(25)9-29-2/h5-6,8,10,13H,3-4,7,9H2,1-2H3,(H,22,23)(H,24,26)/t13-/m0/s1. The number of aromatic nitrogens is 1. The van der Waals surface area contributed by atoms with Crippen LogP contribution in [-0.2, 0) is 21.1 Å². The minimum absolute atomic E-state index is 0.0794. The van der Waals surface area contributed by atoms with Gasteiger partial charge >= 0.3 is 16.4 Å². The van der Waals surface area contributed by atoms with Crippen LogP contribution in [0.2, 0.25) is 0 Å². The quantitative estimate of drug-likeness (QED) is 0.650. The molecular formula is C18H21F3N4O5S. The van der Waals surface area contributed by atoms with Crippen molar-refractivity contribution in [3.05, 3.63) is 41.3 Å². The van der Waals surface area contributed by atoms with Crippen LogP contribution >= 0.6 is 0 Å². The minimum atomic E-state index is -4.53. The number of methoxy groups -OCH3 is 1. The first-order chi connectivity index (χ1) is 14.5. The Morgan fingerprint density at radius 2 is 2.13 bits per heavy atom. The average molecular weight is 462 g/mol. The summed E-state index contributed by atoms with van der Waals surface area (Å²) in [7, 11) is -2.67. The van der Waals surface area contributed by atoms with Gasteiger partial charge < -0.3 is 14.5 Å². The van der Waals surface area contributed by atoms with Crippen LogP contribution in [0.3, 0.4) is 0 Å². The summed E-state index contributed by atoms with van der Waals surface area (Å²) in [6.07, 6.45) is -2.38. The first-order valence-electron chi connectivity index (χ1n) is 9.24. The first-order valence-corrected chi connectivity index (χ1v) is 10.7. The molecule has 2 aromatic rings. The Morgan fingerprint density at radius 1 is 1.39 bits per heavy atom. The van der Waals surface area contributed by atoms with Gasteiger partial charge in [-0.25, -0.2) is 4.72 Å². The number of alkyl halides is 3. The van der Waals surface area contributed by atoms with Gasteiger partial charge in [-0.3, -0.25) is 4.79 Å². The predicted molar refractivity (Wildman–Crippen MR) is 104 cm³/mol. The highest BCUT2D eigenvalue weighted by Gasteiger charge is 2.36. The largest absolute Gasteiger partial charge is 0.431 e. The molecule has 1 atom stereocenters. The van der Waals surface area contributed by atoms with Crippen molar-refractivity contribution in [3.8, 4) is 0 Å². The molecule has 1 aromatic carbocycles. The number of hydrogen-bond acceptors (Lipinski definition) is 7. The van der Waals surface area contributed by atoms with Crippen LogP contribution in [0.15, 0.2) is 28.9 Å². The van der Waals surface area contributed by atoms with Crippen molar-refractivity contribution in [1.82, 2.24) is 14.0 Å². The van der Waals surface area contributed by atoms with E-state index in [4.69, 9.17) is 9.15 Å². The van der Waals surface area contributed by atoms with Crippen LogP contribution in [0, 0.1) is 6.92 Å². The molecule has 3 rings (SSSR count). The van der Waals surface area contributed by atoms with Crippen molar-refractivity contribution in [1.29, 1.82) is 0 Å². The summed E-state index contributed by atoms with van der Waals surface area (Å²) in [6.45, 7) is 2.03. The van der Waals surface area contributed by atoms with Gasteiger partial charge in [0, 0.05) is 25.4 Å². The molecule has 31 heavy (non-hydrogen) atoms. The van der Waals surface area contributed by atoms with Gasteiger partial charge in [0.25, 0.3) is 11.9 Å². The van der Waals surface area contributed by atoms with Crippen LogP contribution in [0.5, 0.6) is 0 Å². The fourth-order valence-corrected chi connectivity index (χ4v) is 4.58. The molecule has 2 heterocycles. The van der Waals surface area contributed by atoms with E-state index in [2.05, 4.69) is 10.3 Å². The highest BCUT2D eigenvalue weighted by Crippen LogP contribution is 2.33. The number of rotatable bonds is 7. The van der Waals surface area contributed by atoms with E-state index in [9.17, 15) is 26.4 Å². The fraction of sp³-hybridized carbons (Fsp3) is 0.444. The molecule has 1 aliphatic heterocycles. The van der Waals surface area contributed by atoms with E-state index < -0.39 is 27.9 Å². The van der Waals surface area contributed by atoms with Crippen molar-refractivity contribution in [2.75, 3.05) is 25.6 Å². The van der Waals surface area contributed by atoms with E-state index >= 15 is 0 Å². The Labute approximate surface area is 176 Å². The number of halogens is 3. The summed E-state index contributed by atoms with van der Waals surface area (Å²) in [5.74, 6) is -1.03. The number of ether oxygens (including phenoxy) is 1. The number of amides is 1.